The molecule has 0 fully saturated rings. The number of hydrogen-bond donors (Lipinski definition) is 0. The van der Waals surface area contributed by atoms with Crippen LogP contribution in [0.2, 0.25) is 0 Å². The Morgan fingerprint density at radius 1 is 1.05 bits per heavy atom. The summed E-state index contributed by atoms with van der Waals surface area (Å²) in [5, 5.41) is 0. The Balaban J connectivity index is 5.06. The molecule has 2 nitrogen and oxygen atoms in total. The van der Waals surface area contributed by atoms with Crippen LogP contribution < -0.4 is 0 Å². The molecule has 0 N–H and O–H groups in total. The van der Waals surface area contributed by atoms with Gasteiger partial charge < -0.3 is 4.74 Å². The Kier molecular flexibility index (Phi) is 6.51. The first-order valence-electron chi connectivity index (χ1n) is 7.78. The lowest BCUT2D eigenvalue weighted by Crippen LogP contribution is -2.51. The van der Waals surface area contributed by atoms with Crippen molar-refractivity contribution in [2.75, 3.05) is 0 Å². The summed E-state index contributed by atoms with van der Waals surface area (Å²) >= 11 is 0. The van der Waals surface area contributed by atoms with Crippen molar-refractivity contribution in [1.82, 2.24) is 0 Å². The molecule has 0 saturated carbocycles. The van der Waals surface area contributed by atoms with Crippen LogP contribution in [0.1, 0.15) is 81.1 Å². The lowest BCUT2D eigenvalue weighted by Gasteiger charge is -2.51. The molecule has 0 aliphatic rings. The van der Waals surface area contributed by atoms with E-state index in [0.29, 0.717) is 5.57 Å². The SMILES string of the molecule is C=C(C)C(=O)OC(C)(C)C(C)(C)C(C)(C)CCCCC. The van der Waals surface area contributed by atoms with Crippen molar-refractivity contribution in [3.63, 3.8) is 0 Å². The maximum absolute atomic E-state index is 11.9. The van der Waals surface area contributed by atoms with E-state index in [-0.39, 0.29) is 16.8 Å². The molecular weight excluding hydrogens is 248 g/mol. The normalized spacial score (nSPS) is 13.2. The summed E-state index contributed by atoms with van der Waals surface area (Å²) in [6.45, 7) is 20.6. The third kappa shape index (κ3) is 4.36. The fourth-order valence-corrected chi connectivity index (χ4v) is 2.39. The second kappa shape index (κ2) is 6.78. The van der Waals surface area contributed by atoms with Crippen LogP contribution in [0.4, 0.5) is 0 Å². The summed E-state index contributed by atoms with van der Waals surface area (Å²) in [5.41, 5.74) is -0.101. The van der Waals surface area contributed by atoms with Gasteiger partial charge >= 0.3 is 5.97 Å². The van der Waals surface area contributed by atoms with Crippen LogP contribution in [0.15, 0.2) is 12.2 Å². The number of carbonyl (C=O) groups excluding carboxylic acids is 1. The lowest BCUT2D eigenvalue weighted by atomic mass is 9.58. The molecule has 0 heterocycles. The van der Waals surface area contributed by atoms with Crippen LogP contribution >= 0.6 is 0 Å². The Morgan fingerprint density at radius 2 is 1.55 bits per heavy atom. The Morgan fingerprint density at radius 3 is 1.95 bits per heavy atom. The maximum atomic E-state index is 11.9. The highest BCUT2D eigenvalue weighted by molar-refractivity contribution is 5.87. The largest absolute Gasteiger partial charge is 0.456 e. The highest BCUT2D eigenvalue weighted by Gasteiger charge is 2.49. The number of carbonyl (C=O) groups is 1. The van der Waals surface area contributed by atoms with E-state index >= 15 is 0 Å². The topological polar surface area (TPSA) is 26.3 Å². The zero-order valence-electron chi connectivity index (χ0n) is 14.9. The van der Waals surface area contributed by atoms with Gasteiger partial charge in [-0.15, -0.1) is 0 Å². The van der Waals surface area contributed by atoms with E-state index in [1.807, 2.05) is 13.8 Å². The van der Waals surface area contributed by atoms with Gasteiger partial charge in [0.15, 0.2) is 0 Å². The van der Waals surface area contributed by atoms with Crippen LogP contribution in [0, 0.1) is 10.8 Å². The highest BCUT2D eigenvalue weighted by Crippen LogP contribution is 2.51. The van der Waals surface area contributed by atoms with Crippen molar-refractivity contribution >= 4 is 5.97 Å². The predicted molar refractivity (Wildman–Crippen MR) is 86.7 cm³/mol. The second-order valence-electron chi connectivity index (χ2n) is 7.65. The third-order valence-electron chi connectivity index (χ3n) is 5.30. The number of unbranched alkanes of at least 4 members (excludes halogenated alkanes) is 2. The molecule has 0 aliphatic carbocycles. The molecule has 2 heteroatoms. The van der Waals surface area contributed by atoms with Gasteiger partial charge in [0, 0.05) is 11.0 Å². The van der Waals surface area contributed by atoms with E-state index in [1.165, 1.54) is 19.3 Å². The molecule has 0 unspecified atom stereocenters. The molecule has 0 atom stereocenters. The molecule has 0 bridgehead atoms. The summed E-state index contributed by atoms with van der Waals surface area (Å²) in [6, 6.07) is 0. The van der Waals surface area contributed by atoms with Crippen LogP contribution in [-0.4, -0.2) is 11.6 Å². The Hall–Kier alpha value is -0.790. The van der Waals surface area contributed by atoms with Gasteiger partial charge in [0.2, 0.25) is 0 Å². The van der Waals surface area contributed by atoms with Crippen LogP contribution in [0.25, 0.3) is 0 Å². The minimum absolute atomic E-state index is 0.0982. The van der Waals surface area contributed by atoms with Gasteiger partial charge in [0.05, 0.1) is 0 Å². The summed E-state index contributed by atoms with van der Waals surface area (Å²) in [7, 11) is 0. The molecule has 0 aromatic carbocycles. The lowest BCUT2D eigenvalue weighted by molar-refractivity contribution is -0.175. The highest BCUT2D eigenvalue weighted by atomic mass is 16.6. The van der Waals surface area contributed by atoms with Crippen LogP contribution in [0.5, 0.6) is 0 Å². The summed E-state index contributed by atoms with van der Waals surface area (Å²) in [6.07, 6.45) is 4.84. The van der Waals surface area contributed by atoms with Gasteiger partial charge in [-0.2, -0.15) is 0 Å². The van der Waals surface area contributed by atoms with Crippen molar-refractivity contribution in [1.29, 1.82) is 0 Å². The van der Waals surface area contributed by atoms with Gasteiger partial charge in [-0.3, -0.25) is 0 Å². The van der Waals surface area contributed by atoms with Gasteiger partial charge in [-0.05, 0) is 32.6 Å². The van der Waals surface area contributed by atoms with Crippen LogP contribution in [0.3, 0.4) is 0 Å². The molecular formula is C18H34O2. The van der Waals surface area contributed by atoms with E-state index in [2.05, 4.69) is 41.2 Å². The molecule has 0 aromatic rings. The summed E-state index contributed by atoms with van der Waals surface area (Å²) < 4.78 is 5.72. The maximum Gasteiger partial charge on any atom is 0.333 e. The van der Waals surface area contributed by atoms with Gasteiger partial charge in [-0.1, -0.05) is 60.5 Å². The quantitative estimate of drug-likeness (QED) is 0.333. The first-order valence-corrected chi connectivity index (χ1v) is 7.78. The fraction of sp³-hybridized carbons (Fsp3) is 0.833. The molecule has 0 amide bonds. The van der Waals surface area contributed by atoms with Crippen molar-refractivity contribution in [2.24, 2.45) is 10.8 Å². The molecule has 0 aromatic heterocycles. The number of ether oxygens (including phenoxy) is 1. The minimum atomic E-state index is -0.529. The minimum Gasteiger partial charge on any atom is -0.456 e. The zero-order valence-corrected chi connectivity index (χ0v) is 14.9. The Labute approximate surface area is 126 Å². The Bertz CT molecular complexity index is 348. The van der Waals surface area contributed by atoms with E-state index in [1.54, 1.807) is 6.92 Å². The van der Waals surface area contributed by atoms with Crippen molar-refractivity contribution < 1.29 is 9.53 Å². The van der Waals surface area contributed by atoms with Crippen LogP contribution in [-0.2, 0) is 9.53 Å². The molecule has 0 saturated heterocycles. The first kappa shape index (κ1) is 19.2. The second-order valence-corrected chi connectivity index (χ2v) is 7.65. The van der Waals surface area contributed by atoms with Crippen molar-refractivity contribution in [3.8, 4) is 0 Å². The fourth-order valence-electron chi connectivity index (χ4n) is 2.39. The van der Waals surface area contributed by atoms with Gasteiger partial charge in [-0.25, -0.2) is 4.79 Å². The first-order chi connectivity index (χ1) is 8.89. The summed E-state index contributed by atoms with van der Waals surface area (Å²) in [5.74, 6) is -0.299. The van der Waals surface area contributed by atoms with Crippen molar-refractivity contribution in [2.45, 2.75) is 86.7 Å². The van der Waals surface area contributed by atoms with Gasteiger partial charge in [0.1, 0.15) is 5.60 Å². The van der Waals surface area contributed by atoms with E-state index in [0.717, 1.165) is 6.42 Å². The molecule has 20 heavy (non-hydrogen) atoms. The monoisotopic (exact) mass is 282 g/mol. The van der Waals surface area contributed by atoms with E-state index in [9.17, 15) is 4.79 Å². The van der Waals surface area contributed by atoms with E-state index in [4.69, 9.17) is 4.74 Å². The third-order valence-corrected chi connectivity index (χ3v) is 5.30. The van der Waals surface area contributed by atoms with E-state index < -0.39 is 5.60 Å². The van der Waals surface area contributed by atoms with Crippen molar-refractivity contribution in [3.05, 3.63) is 12.2 Å². The average Bonchev–Trinajstić information content (AvgIpc) is 2.27. The summed E-state index contributed by atoms with van der Waals surface area (Å²) in [4.78, 5) is 11.9. The van der Waals surface area contributed by atoms with Gasteiger partial charge in [0.25, 0.3) is 0 Å². The molecule has 0 rings (SSSR count). The zero-order chi connectivity index (χ0) is 16.2. The number of hydrogen-bond acceptors (Lipinski definition) is 2. The standard InChI is InChI=1S/C18H34O2/c1-10-11-12-13-16(4,5)17(6,7)18(8,9)20-15(19)14(2)3/h2,10-13H2,1,3-9H3. The average molecular weight is 282 g/mol. The molecule has 0 aliphatic heterocycles. The smallest absolute Gasteiger partial charge is 0.333 e. The molecule has 118 valence electrons. The molecule has 0 radical (unpaired) electrons. The predicted octanol–water partition coefficient (Wildman–Crippen LogP) is 5.52. The number of esters is 1. The molecule has 0 spiro atoms. The number of rotatable bonds is 8.